The Morgan fingerprint density at radius 3 is 2.76 bits per heavy atom. The van der Waals surface area contributed by atoms with Crippen LogP contribution in [-0.2, 0) is 0 Å². The van der Waals surface area contributed by atoms with Gasteiger partial charge in [-0.3, -0.25) is 0 Å². The van der Waals surface area contributed by atoms with E-state index in [1.54, 1.807) is 24.5 Å². The number of phenols is 1. The lowest BCUT2D eigenvalue weighted by molar-refractivity contribution is 0.174. The minimum atomic E-state index is 0.150. The van der Waals surface area contributed by atoms with Crippen molar-refractivity contribution in [1.29, 1.82) is 0 Å². The predicted octanol–water partition coefficient (Wildman–Crippen LogP) is 4.26. The number of rotatable bonds is 1. The summed E-state index contributed by atoms with van der Waals surface area (Å²) in [4.78, 5) is 0. The summed E-state index contributed by atoms with van der Waals surface area (Å²) in [7, 11) is 0. The van der Waals surface area contributed by atoms with Crippen molar-refractivity contribution in [3.63, 3.8) is 0 Å². The molecule has 0 spiro atoms. The van der Waals surface area contributed by atoms with E-state index in [9.17, 15) is 5.11 Å². The van der Waals surface area contributed by atoms with Crippen molar-refractivity contribution in [2.45, 2.75) is 0 Å². The summed E-state index contributed by atoms with van der Waals surface area (Å²) in [6.45, 7) is 0.237. The van der Waals surface area contributed by atoms with Gasteiger partial charge in [-0.15, -0.1) is 0 Å². The maximum absolute atomic E-state index is 9.49. The van der Waals surface area contributed by atoms with Gasteiger partial charge in [0, 0.05) is 17.0 Å². The van der Waals surface area contributed by atoms with Crippen LogP contribution in [0.3, 0.4) is 0 Å². The number of ether oxygens (including phenoxy) is 2. The highest BCUT2D eigenvalue weighted by atomic mass is 32.1. The second-order valence-corrected chi connectivity index (χ2v) is 5.14. The summed E-state index contributed by atoms with van der Waals surface area (Å²) >= 11 is 5.53. The van der Waals surface area contributed by atoms with Crippen molar-refractivity contribution in [1.82, 2.24) is 0 Å². The highest BCUT2D eigenvalue weighted by molar-refractivity contribution is 7.71. The molecule has 0 aliphatic carbocycles. The van der Waals surface area contributed by atoms with Crippen LogP contribution in [0, 0.1) is 4.51 Å². The number of hydrogen-bond donors (Lipinski definition) is 1. The van der Waals surface area contributed by atoms with Gasteiger partial charge in [-0.05, 0) is 29.8 Å². The Balaban J connectivity index is 1.93. The summed E-state index contributed by atoms with van der Waals surface area (Å²) in [6.07, 6.45) is 1.60. The number of aromatic hydroxyl groups is 1. The van der Waals surface area contributed by atoms with E-state index in [4.69, 9.17) is 26.1 Å². The molecule has 3 aromatic rings. The molecule has 2 heterocycles. The molecule has 1 aliphatic rings. The summed E-state index contributed by atoms with van der Waals surface area (Å²) in [5.41, 5.74) is 2.27. The second kappa shape index (κ2) is 4.49. The molecule has 1 aromatic heterocycles. The molecule has 21 heavy (non-hydrogen) atoms. The van der Waals surface area contributed by atoms with Crippen LogP contribution in [0.25, 0.3) is 22.1 Å². The van der Waals surface area contributed by atoms with E-state index in [-0.39, 0.29) is 12.5 Å². The van der Waals surface area contributed by atoms with E-state index in [1.807, 2.05) is 18.2 Å². The van der Waals surface area contributed by atoms with Gasteiger partial charge in [0.2, 0.25) is 6.79 Å². The lowest BCUT2D eigenvalue weighted by atomic mass is 10.1. The lowest BCUT2D eigenvalue weighted by Crippen LogP contribution is -1.92. The first-order valence-corrected chi connectivity index (χ1v) is 6.78. The summed E-state index contributed by atoms with van der Waals surface area (Å²) < 4.78 is 16.9. The Kier molecular flexibility index (Phi) is 2.62. The summed E-state index contributed by atoms with van der Waals surface area (Å²) in [6, 6.07) is 10.6. The minimum Gasteiger partial charge on any atom is -0.508 e. The zero-order valence-electron chi connectivity index (χ0n) is 10.8. The van der Waals surface area contributed by atoms with E-state index in [0.717, 1.165) is 22.3 Å². The van der Waals surface area contributed by atoms with Gasteiger partial charge in [0.05, 0.1) is 4.51 Å². The van der Waals surface area contributed by atoms with Crippen molar-refractivity contribution in [2.24, 2.45) is 0 Å². The third-order valence-corrected chi connectivity index (χ3v) is 3.88. The summed E-state index contributed by atoms with van der Waals surface area (Å²) in [5, 5.41) is 10.3. The van der Waals surface area contributed by atoms with Gasteiger partial charge in [0.25, 0.3) is 0 Å². The van der Waals surface area contributed by atoms with Crippen LogP contribution < -0.4 is 9.47 Å². The van der Waals surface area contributed by atoms with E-state index in [0.29, 0.717) is 15.8 Å². The second-order valence-electron chi connectivity index (χ2n) is 4.73. The molecule has 5 heteroatoms. The van der Waals surface area contributed by atoms with Crippen molar-refractivity contribution in [2.75, 3.05) is 6.79 Å². The fourth-order valence-electron chi connectivity index (χ4n) is 2.38. The average molecular weight is 298 g/mol. The molecule has 4 rings (SSSR count). The van der Waals surface area contributed by atoms with E-state index < -0.39 is 0 Å². The van der Waals surface area contributed by atoms with Crippen LogP contribution in [0.1, 0.15) is 0 Å². The fraction of sp³-hybridized carbons (Fsp3) is 0.0625. The molecule has 0 saturated carbocycles. The van der Waals surface area contributed by atoms with Crippen molar-refractivity contribution in [3.05, 3.63) is 47.2 Å². The zero-order valence-corrected chi connectivity index (χ0v) is 11.6. The van der Waals surface area contributed by atoms with E-state index in [1.165, 1.54) is 0 Å². The van der Waals surface area contributed by atoms with Gasteiger partial charge in [0.15, 0.2) is 11.5 Å². The maximum Gasteiger partial charge on any atom is 0.231 e. The predicted molar refractivity (Wildman–Crippen MR) is 80.3 cm³/mol. The highest BCUT2D eigenvalue weighted by Crippen LogP contribution is 2.37. The van der Waals surface area contributed by atoms with Crippen LogP contribution in [0.15, 0.2) is 47.1 Å². The molecule has 0 radical (unpaired) electrons. The first kappa shape index (κ1) is 12.2. The molecule has 0 fully saturated rings. The molecule has 4 nitrogen and oxygen atoms in total. The third kappa shape index (κ3) is 1.94. The smallest absolute Gasteiger partial charge is 0.231 e. The molecule has 0 bridgehead atoms. The van der Waals surface area contributed by atoms with Gasteiger partial charge in [-0.2, -0.15) is 0 Å². The Morgan fingerprint density at radius 1 is 1.00 bits per heavy atom. The SMILES string of the molecule is Oc1ccc2c(=S)c(-c3ccc4c(c3)OCO4)coc2c1. The maximum atomic E-state index is 9.49. The zero-order chi connectivity index (χ0) is 14.4. The molecular weight excluding hydrogens is 288 g/mol. The van der Waals surface area contributed by atoms with Gasteiger partial charge in [-0.1, -0.05) is 18.3 Å². The van der Waals surface area contributed by atoms with Gasteiger partial charge < -0.3 is 19.0 Å². The Morgan fingerprint density at radius 2 is 1.86 bits per heavy atom. The fourth-order valence-corrected chi connectivity index (χ4v) is 2.71. The normalized spacial score (nSPS) is 12.8. The van der Waals surface area contributed by atoms with Crippen molar-refractivity contribution >= 4 is 23.2 Å². The molecular formula is C16H10O4S. The first-order chi connectivity index (χ1) is 10.2. The molecule has 0 atom stereocenters. The molecule has 1 aliphatic heterocycles. The van der Waals surface area contributed by atoms with E-state index in [2.05, 4.69) is 0 Å². The first-order valence-electron chi connectivity index (χ1n) is 6.37. The molecule has 104 valence electrons. The number of benzene rings is 2. The van der Waals surface area contributed by atoms with Gasteiger partial charge in [-0.25, -0.2) is 0 Å². The molecule has 1 N–H and O–H groups in total. The van der Waals surface area contributed by atoms with Gasteiger partial charge >= 0.3 is 0 Å². The molecule has 2 aromatic carbocycles. The largest absolute Gasteiger partial charge is 0.508 e. The molecule has 0 amide bonds. The lowest BCUT2D eigenvalue weighted by Gasteiger charge is -2.06. The Hall–Kier alpha value is -2.53. The summed E-state index contributed by atoms with van der Waals surface area (Å²) in [5.74, 6) is 1.58. The molecule has 0 unspecified atom stereocenters. The van der Waals surface area contributed by atoms with Crippen LogP contribution in [0.5, 0.6) is 17.2 Å². The van der Waals surface area contributed by atoms with Crippen LogP contribution in [0.4, 0.5) is 0 Å². The quantitative estimate of drug-likeness (QED) is 0.680. The number of fused-ring (bicyclic) bond motifs is 2. The van der Waals surface area contributed by atoms with Crippen molar-refractivity contribution in [3.8, 4) is 28.4 Å². The molecule has 0 saturated heterocycles. The van der Waals surface area contributed by atoms with Crippen molar-refractivity contribution < 1.29 is 19.0 Å². The number of hydrogen-bond acceptors (Lipinski definition) is 5. The third-order valence-electron chi connectivity index (χ3n) is 3.44. The highest BCUT2D eigenvalue weighted by Gasteiger charge is 2.15. The van der Waals surface area contributed by atoms with Crippen LogP contribution in [-0.4, -0.2) is 11.9 Å². The monoisotopic (exact) mass is 298 g/mol. The Labute approximate surface area is 125 Å². The minimum absolute atomic E-state index is 0.150. The number of phenolic OH excluding ortho intramolecular Hbond substituents is 1. The van der Waals surface area contributed by atoms with Gasteiger partial charge in [0.1, 0.15) is 17.6 Å². The standard InChI is InChI=1S/C16H10O4S/c17-10-2-3-11-14(6-10)18-7-12(16(11)21)9-1-4-13-15(5-9)20-8-19-13/h1-7,17H,8H2. The Bertz CT molecular complexity index is 914. The average Bonchev–Trinajstić information content (AvgIpc) is 2.95. The topological polar surface area (TPSA) is 51.8 Å². The van der Waals surface area contributed by atoms with Crippen LogP contribution in [0.2, 0.25) is 0 Å². The van der Waals surface area contributed by atoms with E-state index >= 15 is 0 Å². The van der Waals surface area contributed by atoms with Crippen LogP contribution >= 0.6 is 12.2 Å².